The number of para-hydroxylation sites is 1. The molecule has 2 fully saturated rings. The van der Waals surface area contributed by atoms with Crippen LogP contribution in [0.2, 0.25) is 0 Å². The fourth-order valence-electron chi connectivity index (χ4n) is 3.70. The molecular weight excluding hydrogens is 336 g/mol. The largest absolute Gasteiger partial charge is 0.492 e. The average molecular weight is 367 g/mol. The Bertz CT molecular complexity index is 648. The van der Waals surface area contributed by atoms with Crippen molar-refractivity contribution in [2.45, 2.75) is 26.3 Å². The van der Waals surface area contributed by atoms with E-state index in [1.54, 1.807) is 0 Å². The van der Waals surface area contributed by atoms with Crippen molar-refractivity contribution in [3.8, 4) is 5.75 Å². The summed E-state index contributed by atoms with van der Waals surface area (Å²) in [6, 6.07) is 8.13. The first-order valence-corrected chi connectivity index (χ1v) is 11.2. The second-order valence-electron chi connectivity index (χ2n) is 7.43. The van der Waals surface area contributed by atoms with Crippen molar-refractivity contribution in [3.05, 3.63) is 29.8 Å². The quantitative estimate of drug-likeness (QED) is 0.771. The minimum Gasteiger partial charge on any atom is -0.492 e. The van der Waals surface area contributed by atoms with Gasteiger partial charge in [0, 0.05) is 38.3 Å². The maximum absolute atomic E-state index is 11.6. The van der Waals surface area contributed by atoms with Crippen LogP contribution < -0.4 is 4.74 Å². The van der Waals surface area contributed by atoms with Gasteiger partial charge in [0.25, 0.3) is 0 Å². The second-order valence-corrected chi connectivity index (χ2v) is 9.74. The molecule has 6 heteroatoms. The molecule has 5 nitrogen and oxygen atoms in total. The predicted octanol–water partition coefficient (Wildman–Crippen LogP) is 2.03. The standard InChI is InChI=1S/C19H30N2O3S/c1-17-5-4-8-20(15-17)9-12-24-19-7-3-2-6-18(19)16-21-10-13-25(22,23)14-11-21/h2-3,6-7,17H,4-5,8-16H2,1H3/t17-/m1/s1. The SMILES string of the molecule is C[C@@H]1CCCN(CCOc2ccccc2CN2CCS(=O)(=O)CC2)C1. The van der Waals surface area contributed by atoms with Crippen LogP contribution in [0.3, 0.4) is 0 Å². The van der Waals surface area contributed by atoms with Crippen LogP contribution >= 0.6 is 0 Å². The van der Waals surface area contributed by atoms with E-state index < -0.39 is 9.84 Å². The van der Waals surface area contributed by atoms with Gasteiger partial charge in [0.15, 0.2) is 9.84 Å². The molecule has 1 aromatic carbocycles. The molecule has 25 heavy (non-hydrogen) atoms. The molecule has 1 aromatic rings. The van der Waals surface area contributed by atoms with Gasteiger partial charge in [-0.25, -0.2) is 8.42 Å². The monoisotopic (exact) mass is 366 g/mol. The Morgan fingerprint density at radius 1 is 1.12 bits per heavy atom. The summed E-state index contributed by atoms with van der Waals surface area (Å²) in [5.74, 6) is 2.25. The molecule has 0 unspecified atom stereocenters. The summed E-state index contributed by atoms with van der Waals surface area (Å²) in [5, 5.41) is 0. The van der Waals surface area contributed by atoms with E-state index in [0.29, 0.717) is 19.7 Å². The topological polar surface area (TPSA) is 49.9 Å². The number of benzene rings is 1. The molecule has 2 heterocycles. The lowest BCUT2D eigenvalue weighted by Gasteiger charge is -2.31. The van der Waals surface area contributed by atoms with Crippen LogP contribution in [0.1, 0.15) is 25.3 Å². The van der Waals surface area contributed by atoms with Crippen molar-refractivity contribution in [2.24, 2.45) is 5.92 Å². The summed E-state index contributed by atoms with van der Waals surface area (Å²) in [7, 11) is -2.83. The number of hydrogen-bond donors (Lipinski definition) is 0. The van der Waals surface area contributed by atoms with Crippen LogP contribution in [0, 0.1) is 5.92 Å². The molecule has 0 amide bonds. The first kappa shape index (κ1) is 18.7. The van der Waals surface area contributed by atoms with Gasteiger partial charge < -0.3 is 4.74 Å². The predicted molar refractivity (Wildman–Crippen MR) is 101 cm³/mol. The van der Waals surface area contributed by atoms with Gasteiger partial charge in [0.1, 0.15) is 12.4 Å². The number of ether oxygens (including phenoxy) is 1. The first-order valence-electron chi connectivity index (χ1n) is 9.38. The van der Waals surface area contributed by atoms with Crippen LogP contribution in [0.15, 0.2) is 24.3 Å². The summed E-state index contributed by atoms with van der Waals surface area (Å²) < 4.78 is 29.2. The van der Waals surface area contributed by atoms with Crippen LogP contribution in [0.5, 0.6) is 5.75 Å². The molecule has 0 spiro atoms. The third-order valence-electron chi connectivity index (χ3n) is 5.21. The number of nitrogens with zero attached hydrogens (tertiary/aromatic N) is 2. The smallest absolute Gasteiger partial charge is 0.152 e. The van der Waals surface area contributed by atoms with Gasteiger partial charge in [-0.05, 0) is 31.4 Å². The van der Waals surface area contributed by atoms with E-state index in [9.17, 15) is 8.42 Å². The van der Waals surface area contributed by atoms with Gasteiger partial charge in [0.05, 0.1) is 11.5 Å². The Kier molecular flexibility index (Phi) is 6.36. The van der Waals surface area contributed by atoms with Crippen LogP contribution in [0.25, 0.3) is 0 Å². The number of piperidine rings is 1. The fourth-order valence-corrected chi connectivity index (χ4v) is 4.98. The molecule has 0 saturated carbocycles. The third-order valence-corrected chi connectivity index (χ3v) is 6.82. The molecule has 2 saturated heterocycles. The number of likely N-dealkylation sites (tertiary alicyclic amines) is 1. The molecule has 0 aromatic heterocycles. The highest BCUT2D eigenvalue weighted by atomic mass is 32.2. The Hall–Kier alpha value is -1.11. The Morgan fingerprint density at radius 3 is 2.64 bits per heavy atom. The lowest BCUT2D eigenvalue weighted by molar-refractivity contribution is 0.152. The normalized spacial score (nSPS) is 24.9. The van der Waals surface area contributed by atoms with E-state index in [4.69, 9.17) is 4.74 Å². The van der Waals surface area contributed by atoms with Crippen LogP contribution in [-0.2, 0) is 16.4 Å². The molecule has 0 aliphatic carbocycles. The summed E-state index contributed by atoms with van der Waals surface area (Å²) in [5.41, 5.74) is 1.15. The zero-order valence-corrected chi connectivity index (χ0v) is 16.0. The molecule has 140 valence electrons. The Balaban J connectivity index is 1.50. The molecule has 0 radical (unpaired) electrons. The zero-order chi connectivity index (χ0) is 17.7. The highest BCUT2D eigenvalue weighted by Crippen LogP contribution is 2.21. The van der Waals surface area contributed by atoms with Gasteiger partial charge in [-0.3, -0.25) is 9.80 Å². The molecule has 0 N–H and O–H groups in total. The van der Waals surface area contributed by atoms with Gasteiger partial charge >= 0.3 is 0 Å². The second kappa shape index (κ2) is 8.52. The summed E-state index contributed by atoms with van der Waals surface area (Å²) in [6.45, 7) is 8.34. The molecule has 0 bridgehead atoms. The van der Waals surface area contributed by atoms with E-state index in [1.807, 2.05) is 18.2 Å². The van der Waals surface area contributed by atoms with Gasteiger partial charge in [-0.1, -0.05) is 25.1 Å². The molecule has 1 atom stereocenters. The minimum absolute atomic E-state index is 0.267. The zero-order valence-electron chi connectivity index (χ0n) is 15.2. The Morgan fingerprint density at radius 2 is 1.88 bits per heavy atom. The van der Waals surface area contributed by atoms with Gasteiger partial charge in [-0.2, -0.15) is 0 Å². The molecule has 3 rings (SSSR count). The highest BCUT2D eigenvalue weighted by molar-refractivity contribution is 7.91. The van der Waals surface area contributed by atoms with Gasteiger partial charge in [0.2, 0.25) is 0 Å². The summed E-state index contributed by atoms with van der Waals surface area (Å²) in [6.07, 6.45) is 2.63. The third kappa shape index (κ3) is 5.69. The van der Waals surface area contributed by atoms with E-state index in [2.05, 4.69) is 22.8 Å². The number of hydrogen-bond acceptors (Lipinski definition) is 5. The van der Waals surface area contributed by atoms with E-state index >= 15 is 0 Å². The van der Waals surface area contributed by atoms with Crippen LogP contribution in [0.4, 0.5) is 0 Å². The molecular formula is C19H30N2O3S. The van der Waals surface area contributed by atoms with E-state index in [0.717, 1.165) is 30.3 Å². The number of sulfone groups is 1. The van der Waals surface area contributed by atoms with Crippen molar-refractivity contribution in [3.63, 3.8) is 0 Å². The van der Waals surface area contributed by atoms with Crippen molar-refractivity contribution >= 4 is 9.84 Å². The summed E-state index contributed by atoms with van der Waals surface area (Å²) >= 11 is 0. The van der Waals surface area contributed by atoms with Crippen molar-refractivity contribution in [1.29, 1.82) is 0 Å². The van der Waals surface area contributed by atoms with Crippen LogP contribution in [-0.4, -0.2) is 69.1 Å². The molecule has 2 aliphatic heterocycles. The van der Waals surface area contributed by atoms with E-state index in [-0.39, 0.29) is 11.5 Å². The average Bonchev–Trinajstić information content (AvgIpc) is 2.58. The first-order chi connectivity index (χ1) is 12.0. The van der Waals surface area contributed by atoms with Gasteiger partial charge in [-0.15, -0.1) is 0 Å². The maximum Gasteiger partial charge on any atom is 0.152 e. The van der Waals surface area contributed by atoms with Crippen molar-refractivity contribution < 1.29 is 13.2 Å². The summed E-state index contributed by atoms with van der Waals surface area (Å²) in [4.78, 5) is 4.70. The molecule has 2 aliphatic rings. The number of rotatable bonds is 6. The highest BCUT2D eigenvalue weighted by Gasteiger charge is 2.22. The van der Waals surface area contributed by atoms with Crippen molar-refractivity contribution in [2.75, 3.05) is 50.8 Å². The maximum atomic E-state index is 11.6. The van der Waals surface area contributed by atoms with Crippen molar-refractivity contribution in [1.82, 2.24) is 9.80 Å². The lowest BCUT2D eigenvalue weighted by Crippen LogP contribution is -2.39. The fraction of sp³-hybridized carbons (Fsp3) is 0.684. The van der Waals surface area contributed by atoms with E-state index in [1.165, 1.54) is 25.9 Å². The lowest BCUT2D eigenvalue weighted by atomic mass is 10.0. The minimum atomic E-state index is -2.83. The Labute approximate surface area is 151 Å².